The zero-order valence-electron chi connectivity index (χ0n) is 14.3. The molecule has 1 aromatic heterocycles. The molecule has 0 aliphatic heterocycles. The number of pyridine rings is 1. The van der Waals surface area contributed by atoms with Crippen LogP contribution in [-0.2, 0) is 0 Å². The molecule has 0 fully saturated rings. The van der Waals surface area contributed by atoms with Gasteiger partial charge >= 0.3 is 0 Å². The fourth-order valence-corrected chi connectivity index (χ4v) is 2.42. The van der Waals surface area contributed by atoms with E-state index in [1.165, 1.54) is 29.4 Å². The summed E-state index contributed by atoms with van der Waals surface area (Å²) in [5.74, 6) is -3.01. The van der Waals surface area contributed by atoms with Gasteiger partial charge in [0.1, 0.15) is 0 Å². The van der Waals surface area contributed by atoms with Gasteiger partial charge in [0, 0.05) is 36.9 Å². The van der Waals surface area contributed by atoms with E-state index in [2.05, 4.69) is 10.3 Å². The standard InChI is InChI=1S/C20H15F2N3O2/c1-25(16-5-3-2-4-6-16)20(27)14-9-13(11-23-12-14)19(26)24-15-7-8-17(21)18(22)10-15/h2-12H,1H3,(H,24,26). The van der Waals surface area contributed by atoms with Crippen LogP contribution in [0.25, 0.3) is 0 Å². The Hall–Kier alpha value is -3.61. The van der Waals surface area contributed by atoms with E-state index in [9.17, 15) is 18.4 Å². The Bertz CT molecular complexity index is 994. The van der Waals surface area contributed by atoms with Crippen molar-refractivity contribution in [3.05, 3.63) is 89.8 Å². The first-order valence-corrected chi connectivity index (χ1v) is 8.00. The van der Waals surface area contributed by atoms with Crippen LogP contribution in [0.4, 0.5) is 20.2 Å². The van der Waals surface area contributed by atoms with Crippen LogP contribution in [-0.4, -0.2) is 23.8 Å². The maximum absolute atomic E-state index is 13.3. The number of anilines is 2. The molecular formula is C20H15F2N3O2. The molecule has 0 unspecified atom stereocenters. The van der Waals surface area contributed by atoms with Gasteiger partial charge in [-0.3, -0.25) is 14.6 Å². The van der Waals surface area contributed by atoms with Crippen LogP contribution >= 0.6 is 0 Å². The predicted octanol–water partition coefficient (Wildman–Crippen LogP) is 3.89. The molecule has 0 saturated carbocycles. The number of benzene rings is 2. The van der Waals surface area contributed by atoms with E-state index >= 15 is 0 Å². The van der Waals surface area contributed by atoms with Gasteiger partial charge in [-0.1, -0.05) is 18.2 Å². The summed E-state index contributed by atoms with van der Waals surface area (Å²) >= 11 is 0. The molecule has 2 aromatic carbocycles. The van der Waals surface area contributed by atoms with E-state index < -0.39 is 17.5 Å². The van der Waals surface area contributed by atoms with Gasteiger partial charge in [0.05, 0.1) is 11.1 Å². The molecule has 136 valence electrons. The molecule has 3 aromatic rings. The van der Waals surface area contributed by atoms with E-state index in [0.717, 1.165) is 12.1 Å². The van der Waals surface area contributed by atoms with Crippen LogP contribution in [0, 0.1) is 11.6 Å². The number of nitrogens with zero attached hydrogens (tertiary/aromatic N) is 2. The van der Waals surface area contributed by atoms with Gasteiger partial charge in [0.15, 0.2) is 11.6 Å². The molecule has 0 radical (unpaired) electrons. The Balaban J connectivity index is 1.79. The average Bonchev–Trinajstić information content (AvgIpc) is 2.70. The number of para-hydroxylation sites is 1. The molecular weight excluding hydrogens is 352 g/mol. The minimum Gasteiger partial charge on any atom is -0.322 e. The average molecular weight is 367 g/mol. The van der Waals surface area contributed by atoms with Crippen LogP contribution in [0.3, 0.4) is 0 Å². The highest BCUT2D eigenvalue weighted by atomic mass is 19.2. The third-order valence-electron chi connectivity index (χ3n) is 3.87. The Morgan fingerprint density at radius 1 is 0.926 bits per heavy atom. The molecule has 0 spiro atoms. The SMILES string of the molecule is CN(C(=O)c1cncc(C(=O)Nc2ccc(F)c(F)c2)c1)c1ccccc1. The Kier molecular flexibility index (Phi) is 5.21. The number of amides is 2. The molecule has 5 nitrogen and oxygen atoms in total. The lowest BCUT2D eigenvalue weighted by molar-refractivity contribution is 0.0992. The minimum absolute atomic E-state index is 0.0945. The third kappa shape index (κ3) is 4.14. The van der Waals surface area contributed by atoms with Gasteiger partial charge in [-0.2, -0.15) is 0 Å². The summed E-state index contributed by atoms with van der Waals surface area (Å²) in [5.41, 5.74) is 1.13. The smallest absolute Gasteiger partial charge is 0.259 e. The molecule has 1 N–H and O–H groups in total. The second-order valence-corrected chi connectivity index (χ2v) is 5.75. The number of halogens is 2. The largest absolute Gasteiger partial charge is 0.322 e. The molecule has 2 amide bonds. The van der Waals surface area contributed by atoms with E-state index in [1.807, 2.05) is 18.2 Å². The molecule has 0 aliphatic rings. The summed E-state index contributed by atoms with van der Waals surface area (Å²) in [6.45, 7) is 0. The fraction of sp³-hybridized carbons (Fsp3) is 0.0500. The second kappa shape index (κ2) is 7.74. The highest BCUT2D eigenvalue weighted by molar-refractivity contribution is 6.09. The van der Waals surface area contributed by atoms with Gasteiger partial charge in [-0.05, 0) is 30.3 Å². The Labute approximate surface area is 154 Å². The summed E-state index contributed by atoms with van der Waals surface area (Å²) in [6.07, 6.45) is 2.64. The number of carbonyl (C=O) groups excluding carboxylic acids is 2. The summed E-state index contributed by atoms with van der Waals surface area (Å²) < 4.78 is 26.2. The summed E-state index contributed by atoms with van der Waals surface area (Å²) in [7, 11) is 1.62. The van der Waals surface area contributed by atoms with Crippen molar-refractivity contribution >= 4 is 23.2 Å². The van der Waals surface area contributed by atoms with Crippen molar-refractivity contribution in [2.75, 3.05) is 17.3 Å². The number of carbonyl (C=O) groups is 2. The first kappa shape index (κ1) is 18.2. The number of aromatic nitrogens is 1. The molecule has 27 heavy (non-hydrogen) atoms. The zero-order valence-corrected chi connectivity index (χ0v) is 14.3. The fourth-order valence-electron chi connectivity index (χ4n) is 2.42. The van der Waals surface area contributed by atoms with Crippen LogP contribution in [0.1, 0.15) is 20.7 Å². The summed E-state index contributed by atoms with van der Waals surface area (Å²) in [6, 6.07) is 13.4. The van der Waals surface area contributed by atoms with Crippen LogP contribution in [0.2, 0.25) is 0 Å². The second-order valence-electron chi connectivity index (χ2n) is 5.75. The van der Waals surface area contributed by atoms with Crippen LogP contribution in [0.15, 0.2) is 67.0 Å². The molecule has 0 saturated heterocycles. The Morgan fingerprint density at radius 2 is 1.63 bits per heavy atom. The van der Waals surface area contributed by atoms with Crippen LogP contribution < -0.4 is 10.2 Å². The molecule has 0 atom stereocenters. The van der Waals surface area contributed by atoms with Crippen molar-refractivity contribution < 1.29 is 18.4 Å². The predicted molar refractivity (Wildman–Crippen MR) is 97.7 cm³/mol. The normalized spacial score (nSPS) is 10.3. The molecule has 0 bridgehead atoms. The lowest BCUT2D eigenvalue weighted by atomic mass is 10.1. The molecule has 0 aliphatic carbocycles. The minimum atomic E-state index is -1.07. The highest BCUT2D eigenvalue weighted by Crippen LogP contribution is 2.17. The van der Waals surface area contributed by atoms with Crippen molar-refractivity contribution in [1.29, 1.82) is 0 Å². The van der Waals surface area contributed by atoms with E-state index in [4.69, 9.17) is 0 Å². The quantitative estimate of drug-likeness (QED) is 0.761. The molecule has 3 rings (SSSR count). The lowest BCUT2D eigenvalue weighted by Crippen LogP contribution is -2.26. The maximum Gasteiger partial charge on any atom is 0.259 e. The molecule has 1 heterocycles. The van der Waals surface area contributed by atoms with Gasteiger partial charge in [-0.15, -0.1) is 0 Å². The first-order valence-electron chi connectivity index (χ1n) is 8.00. The number of nitrogens with one attached hydrogen (secondary N) is 1. The maximum atomic E-state index is 13.3. The van der Waals surface area contributed by atoms with E-state index in [-0.39, 0.29) is 22.7 Å². The number of hydrogen-bond acceptors (Lipinski definition) is 3. The summed E-state index contributed by atoms with van der Waals surface area (Å²) in [4.78, 5) is 30.3. The van der Waals surface area contributed by atoms with E-state index in [0.29, 0.717) is 5.69 Å². The summed E-state index contributed by atoms with van der Waals surface area (Å²) in [5, 5.41) is 2.44. The lowest BCUT2D eigenvalue weighted by Gasteiger charge is -2.17. The van der Waals surface area contributed by atoms with Gasteiger partial charge < -0.3 is 10.2 Å². The van der Waals surface area contributed by atoms with Gasteiger partial charge in [0.25, 0.3) is 11.8 Å². The first-order chi connectivity index (χ1) is 13.0. The third-order valence-corrected chi connectivity index (χ3v) is 3.87. The van der Waals surface area contributed by atoms with Crippen molar-refractivity contribution in [2.45, 2.75) is 0 Å². The zero-order chi connectivity index (χ0) is 19.4. The van der Waals surface area contributed by atoms with Crippen molar-refractivity contribution in [2.24, 2.45) is 0 Å². The van der Waals surface area contributed by atoms with Crippen LogP contribution in [0.5, 0.6) is 0 Å². The van der Waals surface area contributed by atoms with E-state index in [1.54, 1.807) is 19.2 Å². The van der Waals surface area contributed by atoms with Gasteiger partial charge in [-0.25, -0.2) is 8.78 Å². The Morgan fingerprint density at radius 3 is 2.33 bits per heavy atom. The van der Waals surface area contributed by atoms with Gasteiger partial charge in [0.2, 0.25) is 0 Å². The topological polar surface area (TPSA) is 62.3 Å². The van der Waals surface area contributed by atoms with Crippen molar-refractivity contribution in [3.8, 4) is 0 Å². The van der Waals surface area contributed by atoms with Crippen molar-refractivity contribution in [1.82, 2.24) is 4.98 Å². The van der Waals surface area contributed by atoms with Crippen molar-refractivity contribution in [3.63, 3.8) is 0 Å². The number of hydrogen-bond donors (Lipinski definition) is 1. The number of rotatable bonds is 4. The monoisotopic (exact) mass is 367 g/mol. The highest BCUT2D eigenvalue weighted by Gasteiger charge is 2.16. The molecule has 7 heteroatoms.